The fourth-order valence-electron chi connectivity index (χ4n) is 5.72. The number of aromatic hydroxyl groups is 1. The third-order valence-corrected chi connectivity index (χ3v) is 7.50. The van der Waals surface area contributed by atoms with Gasteiger partial charge in [-0.15, -0.1) is 0 Å². The Kier molecular flexibility index (Phi) is 7.09. The van der Waals surface area contributed by atoms with Crippen molar-refractivity contribution in [3.63, 3.8) is 0 Å². The van der Waals surface area contributed by atoms with Crippen LogP contribution in [0.25, 0.3) is 0 Å². The number of aliphatic hydroxyl groups excluding tert-OH is 2. The van der Waals surface area contributed by atoms with Crippen LogP contribution in [0.2, 0.25) is 0 Å². The van der Waals surface area contributed by atoms with Crippen LogP contribution in [0.5, 0.6) is 5.75 Å². The first-order valence-corrected chi connectivity index (χ1v) is 11.5. The van der Waals surface area contributed by atoms with Gasteiger partial charge in [0.15, 0.2) is 0 Å². The molecule has 0 bridgehead atoms. The second-order valence-corrected chi connectivity index (χ2v) is 10.1. The Hall–Kier alpha value is -1.06. The molecule has 3 heteroatoms. The van der Waals surface area contributed by atoms with E-state index in [4.69, 9.17) is 0 Å². The van der Waals surface area contributed by atoms with Crippen LogP contribution in [0.15, 0.2) is 18.2 Å². The van der Waals surface area contributed by atoms with E-state index in [1.54, 1.807) is 0 Å². The molecule has 5 atom stereocenters. The summed E-state index contributed by atoms with van der Waals surface area (Å²) in [4.78, 5) is 0. The second kappa shape index (κ2) is 9.17. The van der Waals surface area contributed by atoms with Gasteiger partial charge in [0.05, 0.1) is 12.2 Å². The van der Waals surface area contributed by atoms with Crippen molar-refractivity contribution in [1.82, 2.24) is 0 Å². The number of rotatable bonds is 7. The Labute approximate surface area is 171 Å². The van der Waals surface area contributed by atoms with Gasteiger partial charge in [-0.2, -0.15) is 0 Å². The average molecular weight is 389 g/mol. The molecule has 2 saturated carbocycles. The molecule has 28 heavy (non-hydrogen) atoms. The average Bonchev–Trinajstić information content (AvgIpc) is 2.65. The van der Waals surface area contributed by atoms with Crippen LogP contribution in [0.3, 0.4) is 0 Å². The van der Waals surface area contributed by atoms with E-state index in [-0.39, 0.29) is 23.5 Å². The molecule has 3 nitrogen and oxygen atoms in total. The van der Waals surface area contributed by atoms with Crippen molar-refractivity contribution in [2.24, 2.45) is 11.8 Å². The number of hydrogen-bond donors (Lipinski definition) is 3. The van der Waals surface area contributed by atoms with Crippen molar-refractivity contribution < 1.29 is 15.3 Å². The zero-order valence-corrected chi connectivity index (χ0v) is 18.0. The summed E-state index contributed by atoms with van der Waals surface area (Å²) in [7, 11) is 0. The van der Waals surface area contributed by atoms with Crippen molar-refractivity contribution in [2.45, 2.75) is 109 Å². The van der Waals surface area contributed by atoms with E-state index in [0.717, 1.165) is 37.7 Å². The van der Waals surface area contributed by atoms with E-state index < -0.39 is 0 Å². The maximum atomic E-state index is 10.9. The molecule has 2 fully saturated rings. The van der Waals surface area contributed by atoms with Gasteiger partial charge in [-0.25, -0.2) is 0 Å². The molecule has 0 spiro atoms. The Morgan fingerprint density at radius 1 is 0.964 bits per heavy atom. The molecule has 0 saturated heterocycles. The standard InChI is InChI=1S/C25H40O3/c1-4-5-6-7-12-25(2,3)18-9-11-21(24(28)14-18)23-16-20(27)13-17-8-10-19(26)15-22(17)23/h9,11,14,17,19-20,22-23,26-28H,4-8,10,12-13,15-16H2,1-3H3/t17?,19-,20-,22?,23?/m0/s1. The number of phenols is 1. The minimum absolute atomic E-state index is 0.0550. The van der Waals surface area contributed by atoms with Crippen molar-refractivity contribution >= 4 is 0 Å². The van der Waals surface area contributed by atoms with E-state index >= 15 is 0 Å². The lowest BCUT2D eigenvalue weighted by Crippen LogP contribution is -2.39. The predicted octanol–water partition coefficient (Wildman–Crippen LogP) is 5.66. The summed E-state index contributed by atoms with van der Waals surface area (Å²) in [5.74, 6) is 1.35. The van der Waals surface area contributed by atoms with Crippen LogP contribution in [0.1, 0.15) is 102 Å². The first kappa shape index (κ1) is 21.6. The summed E-state index contributed by atoms with van der Waals surface area (Å²) in [6.45, 7) is 6.77. The number of fused-ring (bicyclic) bond motifs is 1. The third kappa shape index (κ3) is 4.91. The summed E-state index contributed by atoms with van der Waals surface area (Å²) < 4.78 is 0. The molecule has 2 aliphatic carbocycles. The van der Waals surface area contributed by atoms with Gasteiger partial charge in [-0.05, 0) is 78.9 Å². The highest BCUT2D eigenvalue weighted by atomic mass is 16.3. The molecule has 0 aliphatic heterocycles. The maximum absolute atomic E-state index is 10.9. The molecular weight excluding hydrogens is 348 g/mol. The largest absolute Gasteiger partial charge is 0.508 e. The van der Waals surface area contributed by atoms with Crippen molar-refractivity contribution in [3.05, 3.63) is 29.3 Å². The molecule has 2 aliphatic rings. The summed E-state index contributed by atoms with van der Waals surface area (Å²) in [6.07, 6.45) is 9.81. The predicted molar refractivity (Wildman–Crippen MR) is 115 cm³/mol. The van der Waals surface area contributed by atoms with Gasteiger partial charge in [0.2, 0.25) is 0 Å². The van der Waals surface area contributed by atoms with Crippen LogP contribution in [0.4, 0.5) is 0 Å². The van der Waals surface area contributed by atoms with Crippen LogP contribution in [-0.4, -0.2) is 27.5 Å². The normalized spacial score (nSPS) is 30.8. The van der Waals surface area contributed by atoms with Gasteiger partial charge in [-0.3, -0.25) is 0 Å². The van der Waals surface area contributed by atoms with Crippen LogP contribution >= 0.6 is 0 Å². The SMILES string of the molecule is CCCCCCC(C)(C)c1ccc(C2C[C@@H](O)CC3CC[C@H](O)CC32)c(O)c1. The minimum Gasteiger partial charge on any atom is -0.508 e. The molecule has 3 N–H and O–H groups in total. The third-order valence-electron chi connectivity index (χ3n) is 7.50. The fourth-order valence-corrected chi connectivity index (χ4v) is 5.72. The van der Waals surface area contributed by atoms with E-state index in [2.05, 4.69) is 32.9 Å². The quantitative estimate of drug-likeness (QED) is 0.529. The number of aliphatic hydroxyl groups is 2. The smallest absolute Gasteiger partial charge is 0.119 e. The van der Waals surface area contributed by atoms with Gasteiger partial charge in [-0.1, -0.05) is 58.6 Å². The highest BCUT2D eigenvalue weighted by molar-refractivity contribution is 5.42. The van der Waals surface area contributed by atoms with E-state index in [0.29, 0.717) is 24.0 Å². The number of benzene rings is 1. The molecule has 0 radical (unpaired) electrons. The second-order valence-electron chi connectivity index (χ2n) is 10.1. The summed E-state index contributed by atoms with van der Waals surface area (Å²) in [5, 5.41) is 31.5. The fraction of sp³-hybridized carbons (Fsp3) is 0.760. The highest BCUT2D eigenvalue weighted by Crippen LogP contribution is 2.50. The van der Waals surface area contributed by atoms with Gasteiger partial charge >= 0.3 is 0 Å². The molecular formula is C25H40O3. The molecule has 1 aromatic rings. The number of hydrogen-bond acceptors (Lipinski definition) is 3. The molecule has 1 aromatic carbocycles. The first-order valence-electron chi connectivity index (χ1n) is 11.5. The highest BCUT2D eigenvalue weighted by Gasteiger charge is 2.42. The monoisotopic (exact) mass is 388 g/mol. The topological polar surface area (TPSA) is 60.7 Å². The van der Waals surface area contributed by atoms with Crippen LogP contribution in [0, 0.1) is 11.8 Å². The van der Waals surface area contributed by atoms with Gasteiger partial charge in [0.25, 0.3) is 0 Å². The lowest BCUT2D eigenvalue weighted by Gasteiger charge is -2.45. The molecule has 0 aromatic heterocycles. The zero-order valence-electron chi connectivity index (χ0n) is 18.0. The molecule has 158 valence electrons. The number of phenolic OH excluding ortho intramolecular Hbond substituents is 1. The number of unbranched alkanes of at least 4 members (excludes halogenated alkanes) is 3. The van der Waals surface area contributed by atoms with Crippen molar-refractivity contribution in [3.8, 4) is 5.75 Å². The van der Waals surface area contributed by atoms with Crippen molar-refractivity contribution in [1.29, 1.82) is 0 Å². The minimum atomic E-state index is -0.296. The van der Waals surface area contributed by atoms with E-state index in [9.17, 15) is 15.3 Å². The van der Waals surface area contributed by atoms with E-state index in [1.165, 1.54) is 31.2 Å². The molecule has 0 amide bonds. The Morgan fingerprint density at radius 2 is 1.75 bits per heavy atom. The first-order chi connectivity index (χ1) is 13.3. The molecule has 3 unspecified atom stereocenters. The van der Waals surface area contributed by atoms with Crippen molar-refractivity contribution in [2.75, 3.05) is 0 Å². The van der Waals surface area contributed by atoms with Gasteiger partial charge < -0.3 is 15.3 Å². The van der Waals surface area contributed by atoms with E-state index in [1.807, 2.05) is 6.07 Å². The lowest BCUT2D eigenvalue weighted by molar-refractivity contribution is -0.00864. The Balaban J connectivity index is 1.77. The lowest BCUT2D eigenvalue weighted by atomic mass is 9.62. The van der Waals surface area contributed by atoms with Gasteiger partial charge in [0.1, 0.15) is 5.75 Å². The Morgan fingerprint density at radius 3 is 2.46 bits per heavy atom. The van der Waals surface area contributed by atoms with Crippen LogP contribution < -0.4 is 0 Å². The summed E-state index contributed by atoms with van der Waals surface area (Å²) in [5.41, 5.74) is 2.22. The molecule has 3 rings (SSSR count). The summed E-state index contributed by atoms with van der Waals surface area (Å²) >= 11 is 0. The summed E-state index contributed by atoms with van der Waals surface area (Å²) in [6, 6.07) is 6.24. The Bertz CT molecular complexity index is 639. The van der Waals surface area contributed by atoms with Crippen LogP contribution in [-0.2, 0) is 5.41 Å². The molecule has 0 heterocycles. The maximum Gasteiger partial charge on any atom is 0.119 e. The van der Waals surface area contributed by atoms with Gasteiger partial charge in [0, 0.05) is 0 Å². The zero-order chi connectivity index (χ0) is 20.3.